The van der Waals surface area contributed by atoms with E-state index in [1.165, 1.54) is 0 Å². The van der Waals surface area contributed by atoms with Crippen molar-refractivity contribution in [2.45, 2.75) is 51.7 Å². The predicted octanol–water partition coefficient (Wildman–Crippen LogP) is 3.40. The summed E-state index contributed by atoms with van der Waals surface area (Å²) in [7, 11) is 0. The van der Waals surface area contributed by atoms with Crippen LogP contribution in [0.2, 0.25) is 0 Å². The fraction of sp³-hybridized carbons (Fsp3) is 0.444. The van der Waals surface area contributed by atoms with Gasteiger partial charge in [-0.2, -0.15) is 0 Å². The zero-order chi connectivity index (χ0) is 16.7. The molecule has 4 nitrogen and oxygen atoms in total. The molecule has 2 N–H and O–H groups in total. The monoisotopic (exact) mass is 332 g/mol. The molecule has 1 heterocycles. The zero-order valence-electron chi connectivity index (χ0n) is 13.7. The molecule has 0 spiro atoms. The first-order valence-corrected chi connectivity index (χ1v) is 8.86. The Hall–Kier alpha value is -1.72. The van der Waals surface area contributed by atoms with E-state index in [1.807, 2.05) is 49.6 Å². The number of nitrogens with one attached hydrogen (secondary N) is 1. The van der Waals surface area contributed by atoms with Crippen LogP contribution >= 0.6 is 11.3 Å². The summed E-state index contributed by atoms with van der Waals surface area (Å²) in [4.78, 5) is 16.4. The summed E-state index contributed by atoms with van der Waals surface area (Å²) in [5.41, 5.74) is 1.94. The molecule has 1 aromatic carbocycles. The van der Waals surface area contributed by atoms with Crippen molar-refractivity contribution in [3.8, 4) is 0 Å². The summed E-state index contributed by atoms with van der Waals surface area (Å²) in [5, 5.41) is 16.2. The Morgan fingerprint density at radius 2 is 2.09 bits per heavy atom. The lowest BCUT2D eigenvalue weighted by Gasteiger charge is -2.18. The normalized spacial score (nSPS) is 13.5. The molecular weight excluding hydrogens is 308 g/mol. The molecule has 0 aliphatic heterocycles. The third-order valence-corrected chi connectivity index (χ3v) is 4.49. The molecular formula is C18H24N2O2S. The number of rotatable bonds is 8. The second kappa shape index (κ2) is 8.79. The van der Waals surface area contributed by atoms with Crippen molar-refractivity contribution in [3.05, 3.63) is 52.0 Å². The number of aryl methyl sites for hydroxylation is 2. The predicted molar refractivity (Wildman–Crippen MR) is 93.4 cm³/mol. The maximum atomic E-state index is 12.0. The summed E-state index contributed by atoms with van der Waals surface area (Å²) in [6.07, 6.45) is 2.08. The van der Waals surface area contributed by atoms with Gasteiger partial charge in [-0.1, -0.05) is 30.3 Å². The van der Waals surface area contributed by atoms with Gasteiger partial charge in [0, 0.05) is 17.8 Å². The van der Waals surface area contributed by atoms with E-state index >= 15 is 0 Å². The molecule has 2 rings (SSSR count). The van der Waals surface area contributed by atoms with Crippen LogP contribution in [-0.4, -0.2) is 22.0 Å². The second-order valence-electron chi connectivity index (χ2n) is 5.84. The van der Waals surface area contributed by atoms with E-state index in [4.69, 9.17) is 0 Å². The van der Waals surface area contributed by atoms with Crippen LogP contribution in [0.4, 0.5) is 0 Å². The fourth-order valence-electron chi connectivity index (χ4n) is 2.51. The van der Waals surface area contributed by atoms with Crippen LogP contribution in [0.5, 0.6) is 0 Å². The van der Waals surface area contributed by atoms with E-state index in [9.17, 15) is 9.90 Å². The minimum atomic E-state index is -0.551. The van der Waals surface area contributed by atoms with Crippen molar-refractivity contribution in [2.75, 3.05) is 0 Å². The highest BCUT2D eigenvalue weighted by Crippen LogP contribution is 2.17. The third-order valence-electron chi connectivity index (χ3n) is 3.67. The van der Waals surface area contributed by atoms with Gasteiger partial charge in [0.1, 0.15) is 0 Å². The number of thiazole rings is 1. The van der Waals surface area contributed by atoms with E-state index in [0.29, 0.717) is 12.8 Å². The minimum absolute atomic E-state index is 0.0321. The molecule has 0 saturated carbocycles. The first-order chi connectivity index (χ1) is 11.0. The van der Waals surface area contributed by atoms with Crippen molar-refractivity contribution in [1.29, 1.82) is 0 Å². The van der Waals surface area contributed by atoms with Crippen LogP contribution in [0, 0.1) is 6.92 Å². The Kier molecular flexibility index (Phi) is 6.74. The average Bonchev–Trinajstić information content (AvgIpc) is 2.93. The number of hydrogen-bond acceptors (Lipinski definition) is 4. The molecule has 0 bridgehead atoms. The van der Waals surface area contributed by atoms with E-state index in [0.717, 1.165) is 29.1 Å². The average molecular weight is 332 g/mol. The number of benzene rings is 1. The largest absolute Gasteiger partial charge is 0.388 e. The Balaban J connectivity index is 1.68. The van der Waals surface area contributed by atoms with Gasteiger partial charge in [0.15, 0.2) is 0 Å². The minimum Gasteiger partial charge on any atom is -0.388 e. The van der Waals surface area contributed by atoms with Gasteiger partial charge in [0.25, 0.3) is 0 Å². The van der Waals surface area contributed by atoms with E-state index < -0.39 is 6.10 Å². The molecule has 2 aromatic rings. The first kappa shape index (κ1) is 17.6. The van der Waals surface area contributed by atoms with Crippen molar-refractivity contribution >= 4 is 17.2 Å². The second-order valence-corrected chi connectivity index (χ2v) is 6.90. The number of carbonyl (C=O) groups excluding carboxylic acids is 1. The topological polar surface area (TPSA) is 62.2 Å². The van der Waals surface area contributed by atoms with Gasteiger partial charge in [0.2, 0.25) is 5.91 Å². The van der Waals surface area contributed by atoms with Gasteiger partial charge in [-0.05, 0) is 38.7 Å². The molecule has 0 aliphatic carbocycles. The third kappa shape index (κ3) is 6.12. The standard InChI is InChI=1S/C18H24N2O2S/c1-13(11-17(21)15-7-4-3-5-8-15)19-18(22)10-6-9-16-12-23-14(2)20-16/h3-5,7-8,12-13,17,21H,6,9-11H2,1-2H3,(H,19,22). The number of nitrogens with zero attached hydrogens (tertiary/aromatic N) is 1. The number of amides is 1. The lowest BCUT2D eigenvalue weighted by atomic mass is 10.0. The maximum absolute atomic E-state index is 12.0. The van der Waals surface area contributed by atoms with E-state index in [-0.39, 0.29) is 11.9 Å². The quantitative estimate of drug-likeness (QED) is 0.779. The summed E-state index contributed by atoms with van der Waals surface area (Å²) < 4.78 is 0. The molecule has 0 fully saturated rings. The van der Waals surface area contributed by atoms with Crippen LogP contribution in [-0.2, 0) is 11.2 Å². The molecule has 23 heavy (non-hydrogen) atoms. The van der Waals surface area contributed by atoms with Crippen LogP contribution in [0.25, 0.3) is 0 Å². The number of aromatic nitrogens is 1. The Labute approximate surface area is 141 Å². The summed E-state index contributed by atoms with van der Waals surface area (Å²) >= 11 is 1.64. The molecule has 124 valence electrons. The molecule has 5 heteroatoms. The van der Waals surface area contributed by atoms with Crippen molar-refractivity contribution in [2.24, 2.45) is 0 Å². The first-order valence-electron chi connectivity index (χ1n) is 7.98. The van der Waals surface area contributed by atoms with Crippen LogP contribution in [0.15, 0.2) is 35.7 Å². The van der Waals surface area contributed by atoms with E-state index in [2.05, 4.69) is 10.3 Å². The molecule has 0 saturated heterocycles. The highest BCUT2D eigenvalue weighted by atomic mass is 32.1. The van der Waals surface area contributed by atoms with Gasteiger partial charge in [-0.15, -0.1) is 11.3 Å². The summed E-state index contributed by atoms with van der Waals surface area (Å²) in [6.45, 7) is 3.91. The number of carbonyl (C=O) groups is 1. The van der Waals surface area contributed by atoms with Gasteiger partial charge in [0.05, 0.1) is 16.8 Å². The smallest absolute Gasteiger partial charge is 0.220 e. The van der Waals surface area contributed by atoms with Gasteiger partial charge in [-0.25, -0.2) is 4.98 Å². The van der Waals surface area contributed by atoms with Gasteiger partial charge < -0.3 is 10.4 Å². The van der Waals surface area contributed by atoms with Gasteiger partial charge in [-0.3, -0.25) is 4.79 Å². The van der Waals surface area contributed by atoms with Crippen LogP contribution < -0.4 is 5.32 Å². The maximum Gasteiger partial charge on any atom is 0.220 e. The van der Waals surface area contributed by atoms with Crippen molar-refractivity contribution in [1.82, 2.24) is 10.3 Å². The Bertz CT molecular complexity index is 612. The van der Waals surface area contributed by atoms with Crippen LogP contribution in [0.3, 0.4) is 0 Å². The molecule has 0 aliphatic rings. The summed E-state index contributed by atoms with van der Waals surface area (Å²) in [6, 6.07) is 9.47. The Morgan fingerprint density at radius 3 is 2.74 bits per heavy atom. The molecule has 0 radical (unpaired) electrons. The highest BCUT2D eigenvalue weighted by Gasteiger charge is 2.14. The molecule has 1 aromatic heterocycles. The van der Waals surface area contributed by atoms with Crippen molar-refractivity contribution < 1.29 is 9.90 Å². The number of aliphatic hydroxyl groups is 1. The number of hydrogen-bond donors (Lipinski definition) is 2. The molecule has 1 amide bonds. The fourth-order valence-corrected chi connectivity index (χ4v) is 3.15. The lowest BCUT2D eigenvalue weighted by Crippen LogP contribution is -2.33. The lowest BCUT2D eigenvalue weighted by molar-refractivity contribution is -0.121. The zero-order valence-corrected chi connectivity index (χ0v) is 14.5. The summed E-state index contributed by atoms with van der Waals surface area (Å²) in [5.74, 6) is 0.0321. The molecule has 2 atom stereocenters. The SMILES string of the molecule is Cc1nc(CCCC(=O)NC(C)CC(O)c2ccccc2)cs1. The van der Waals surface area contributed by atoms with E-state index in [1.54, 1.807) is 11.3 Å². The van der Waals surface area contributed by atoms with Gasteiger partial charge >= 0.3 is 0 Å². The number of aliphatic hydroxyl groups excluding tert-OH is 1. The van der Waals surface area contributed by atoms with Crippen LogP contribution in [0.1, 0.15) is 48.6 Å². The Morgan fingerprint density at radius 1 is 1.35 bits per heavy atom. The highest BCUT2D eigenvalue weighted by molar-refractivity contribution is 7.09. The van der Waals surface area contributed by atoms with Crippen molar-refractivity contribution in [3.63, 3.8) is 0 Å². The molecule has 2 unspecified atom stereocenters.